The maximum Gasteiger partial charge on any atom is 0.313 e. The number of cyclic esters (lactones) is 1. The van der Waals surface area contributed by atoms with Crippen molar-refractivity contribution in [2.75, 3.05) is 19.7 Å². The van der Waals surface area contributed by atoms with Crippen molar-refractivity contribution in [3.05, 3.63) is 60.2 Å². The number of nitrogens with one attached hydrogen (secondary N) is 1. The minimum atomic E-state index is -1.35. The maximum atomic E-state index is 14.3. The van der Waals surface area contributed by atoms with E-state index in [0.29, 0.717) is 25.1 Å². The molecule has 0 radical (unpaired) electrons. The van der Waals surface area contributed by atoms with Gasteiger partial charge in [0.2, 0.25) is 17.7 Å². The standard InChI is InChI=1S/C32H41N3O7/c1-4-5-17-34-18-11-7-10-14-24(37)33-21(3)27(22-12-8-6-9-13-22)41-31(40)25-23-15-16-32(42-23)26(25)29(38)35(20(2)19-36)28(32)30(34)39/h6-9,11-13,15-16,20-21,23,25-28,36H,4-5,10,14,17-19H2,1-3H3,(H,33,37)/b11-7-/t20-,21+,23-,25+,26+,27-,28-,32+/m1/s1. The molecule has 4 heterocycles. The summed E-state index contributed by atoms with van der Waals surface area (Å²) in [5, 5.41) is 13.1. The molecule has 0 saturated carbocycles. The normalized spacial score (nSPS) is 34.8. The molecule has 3 amide bonds. The summed E-state index contributed by atoms with van der Waals surface area (Å²) in [7, 11) is 0. The van der Waals surface area contributed by atoms with Crippen molar-refractivity contribution in [3.8, 4) is 0 Å². The van der Waals surface area contributed by atoms with Crippen LogP contribution in [0.4, 0.5) is 0 Å². The minimum Gasteiger partial charge on any atom is -0.455 e. The molecule has 2 fully saturated rings. The Morgan fingerprint density at radius 3 is 2.60 bits per heavy atom. The van der Waals surface area contributed by atoms with Crippen LogP contribution in [0.1, 0.15) is 58.1 Å². The molecule has 5 rings (SSSR count). The van der Waals surface area contributed by atoms with Crippen LogP contribution in [0.5, 0.6) is 0 Å². The van der Waals surface area contributed by atoms with Gasteiger partial charge in [-0.25, -0.2) is 0 Å². The SMILES string of the molecule is CCCCN1C/C=C\CCC(=O)N[C@@H](C)[C@H](c2ccccc2)OC(=O)[C@@H]2[C@H]3C(=O)N([C@H](C)CO)[C@H](C1=O)[C@]31C=C[C@H]2O1. The van der Waals surface area contributed by atoms with E-state index in [0.717, 1.165) is 12.8 Å². The number of hydrogen-bond donors (Lipinski definition) is 2. The molecule has 10 heteroatoms. The van der Waals surface area contributed by atoms with Crippen molar-refractivity contribution >= 4 is 23.7 Å². The largest absolute Gasteiger partial charge is 0.455 e. The first kappa shape index (κ1) is 30.0. The van der Waals surface area contributed by atoms with Gasteiger partial charge in [0, 0.05) is 19.5 Å². The fraction of sp³-hybridized carbons (Fsp3) is 0.562. The van der Waals surface area contributed by atoms with Gasteiger partial charge >= 0.3 is 5.97 Å². The number of fused-ring (bicyclic) bond motifs is 2. The van der Waals surface area contributed by atoms with Gasteiger partial charge in [-0.05, 0) is 32.3 Å². The number of amides is 3. The van der Waals surface area contributed by atoms with Gasteiger partial charge in [-0.2, -0.15) is 0 Å². The summed E-state index contributed by atoms with van der Waals surface area (Å²) in [6, 6.07) is 6.93. The summed E-state index contributed by atoms with van der Waals surface area (Å²) in [5.74, 6) is -3.47. The molecule has 2 N–H and O–H groups in total. The number of unbranched alkanes of at least 4 members (excludes halogenated alkanes) is 1. The zero-order valence-electron chi connectivity index (χ0n) is 24.5. The third kappa shape index (κ3) is 5.26. The van der Waals surface area contributed by atoms with Crippen LogP contribution >= 0.6 is 0 Å². The number of likely N-dealkylation sites (tertiary alicyclic amines) is 1. The minimum absolute atomic E-state index is 0.180. The van der Waals surface area contributed by atoms with Crippen LogP contribution in [-0.4, -0.2) is 88.1 Å². The van der Waals surface area contributed by atoms with Gasteiger partial charge in [-0.3, -0.25) is 19.2 Å². The van der Waals surface area contributed by atoms with E-state index in [2.05, 4.69) is 5.32 Å². The highest BCUT2D eigenvalue weighted by molar-refractivity contribution is 5.99. The highest BCUT2D eigenvalue weighted by Crippen LogP contribution is 2.56. The number of carbonyl (C=O) groups is 4. The number of carbonyl (C=O) groups excluding carboxylic acids is 4. The van der Waals surface area contributed by atoms with E-state index in [4.69, 9.17) is 9.47 Å². The lowest BCUT2D eigenvalue weighted by atomic mass is 9.74. The van der Waals surface area contributed by atoms with Crippen molar-refractivity contribution in [3.63, 3.8) is 0 Å². The zero-order valence-corrected chi connectivity index (χ0v) is 24.5. The molecule has 4 aliphatic rings. The van der Waals surface area contributed by atoms with Crippen LogP contribution in [0, 0.1) is 11.8 Å². The van der Waals surface area contributed by atoms with E-state index in [1.165, 1.54) is 4.90 Å². The topological polar surface area (TPSA) is 125 Å². The lowest BCUT2D eigenvalue weighted by Crippen LogP contribution is -2.58. The van der Waals surface area contributed by atoms with Gasteiger partial charge in [0.25, 0.3) is 0 Å². The molecule has 8 atom stereocenters. The van der Waals surface area contributed by atoms with Crippen molar-refractivity contribution in [1.29, 1.82) is 0 Å². The van der Waals surface area contributed by atoms with E-state index in [-0.39, 0.29) is 24.8 Å². The Hall–Kier alpha value is -3.50. The van der Waals surface area contributed by atoms with E-state index >= 15 is 0 Å². The third-order valence-corrected chi connectivity index (χ3v) is 8.89. The molecule has 1 aromatic carbocycles. The number of nitrogens with zero attached hydrogens (tertiary/aromatic N) is 2. The Labute approximate surface area is 246 Å². The fourth-order valence-electron chi connectivity index (χ4n) is 6.77. The summed E-state index contributed by atoms with van der Waals surface area (Å²) < 4.78 is 12.6. The molecule has 5 bridgehead atoms. The van der Waals surface area contributed by atoms with E-state index in [9.17, 15) is 24.3 Å². The van der Waals surface area contributed by atoms with Crippen LogP contribution in [0.15, 0.2) is 54.6 Å². The quantitative estimate of drug-likeness (QED) is 0.391. The molecule has 0 aliphatic carbocycles. The molecule has 4 aliphatic heterocycles. The molecule has 1 aromatic rings. The lowest BCUT2D eigenvalue weighted by molar-refractivity contribution is -0.161. The van der Waals surface area contributed by atoms with Crippen LogP contribution in [-0.2, 0) is 28.7 Å². The molecule has 42 heavy (non-hydrogen) atoms. The smallest absolute Gasteiger partial charge is 0.313 e. The molecule has 0 aromatic heterocycles. The van der Waals surface area contributed by atoms with Gasteiger partial charge in [0.1, 0.15) is 23.7 Å². The second-order valence-electron chi connectivity index (χ2n) is 11.8. The lowest BCUT2D eigenvalue weighted by Gasteiger charge is -2.37. The highest BCUT2D eigenvalue weighted by atomic mass is 16.6. The van der Waals surface area contributed by atoms with E-state index in [1.54, 1.807) is 30.9 Å². The second kappa shape index (κ2) is 12.4. The van der Waals surface area contributed by atoms with Gasteiger partial charge < -0.3 is 29.7 Å². The van der Waals surface area contributed by atoms with Crippen LogP contribution in [0.2, 0.25) is 0 Å². The summed E-state index contributed by atoms with van der Waals surface area (Å²) in [4.78, 5) is 58.4. The Kier molecular flexibility index (Phi) is 8.84. The zero-order chi connectivity index (χ0) is 30.0. The third-order valence-electron chi connectivity index (χ3n) is 8.89. The molecule has 0 unspecified atom stereocenters. The maximum absolute atomic E-state index is 14.3. The van der Waals surface area contributed by atoms with Crippen molar-refractivity contribution in [2.45, 2.75) is 82.4 Å². The summed E-state index contributed by atoms with van der Waals surface area (Å²) in [6.45, 7) is 5.95. The molecule has 226 valence electrons. The number of benzene rings is 1. The average Bonchev–Trinajstić information content (AvgIpc) is 3.63. The van der Waals surface area contributed by atoms with Gasteiger partial charge in [0.15, 0.2) is 0 Å². The first-order valence-electron chi connectivity index (χ1n) is 15.0. The fourth-order valence-corrected chi connectivity index (χ4v) is 6.77. The molecular formula is C32H41N3O7. The Morgan fingerprint density at radius 2 is 1.88 bits per heavy atom. The van der Waals surface area contributed by atoms with Crippen LogP contribution in [0.3, 0.4) is 0 Å². The summed E-state index contributed by atoms with van der Waals surface area (Å²) in [5.41, 5.74) is -0.644. The Morgan fingerprint density at radius 1 is 1.12 bits per heavy atom. The van der Waals surface area contributed by atoms with Crippen LogP contribution in [0.25, 0.3) is 0 Å². The highest BCUT2D eigenvalue weighted by Gasteiger charge is 2.74. The predicted molar refractivity (Wildman–Crippen MR) is 154 cm³/mol. The number of hydrogen-bond acceptors (Lipinski definition) is 7. The first-order chi connectivity index (χ1) is 20.2. The summed E-state index contributed by atoms with van der Waals surface area (Å²) in [6.07, 6.45) is 8.07. The summed E-state index contributed by atoms with van der Waals surface area (Å²) >= 11 is 0. The van der Waals surface area contributed by atoms with Crippen LogP contribution < -0.4 is 5.32 Å². The monoisotopic (exact) mass is 579 g/mol. The molecular weight excluding hydrogens is 538 g/mol. The van der Waals surface area contributed by atoms with Crippen molar-refractivity contribution < 1.29 is 33.8 Å². The second-order valence-corrected chi connectivity index (χ2v) is 11.8. The number of aliphatic hydroxyl groups excluding tert-OH is 1. The predicted octanol–water partition coefficient (Wildman–Crippen LogP) is 2.29. The number of allylic oxidation sites excluding steroid dienone is 1. The van der Waals surface area contributed by atoms with Gasteiger partial charge in [-0.15, -0.1) is 0 Å². The van der Waals surface area contributed by atoms with Crippen molar-refractivity contribution in [2.24, 2.45) is 11.8 Å². The number of rotatable bonds is 6. The first-order valence-corrected chi connectivity index (χ1v) is 15.0. The van der Waals surface area contributed by atoms with E-state index in [1.807, 2.05) is 49.4 Å². The molecule has 10 nitrogen and oxygen atoms in total. The van der Waals surface area contributed by atoms with Crippen molar-refractivity contribution in [1.82, 2.24) is 15.1 Å². The number of esters is 1. The van der Waals surface area contributed by atoms with E-state index < -0.39 is 59.6 Å². The Bertz CT molecular complexity index is 1250. The molecule has 1 spiro atoms. The van der Waals surface area contributed by atoms with Gasteiger partial charge in [-0.1, -0.05) is 68.0 Å². The molecule has 2 saturated heterocycles. The van der Waals surface area contributed by atoms with Gasteiger partial charge in [0.05, 0.1) is 30.7 Å². The number of aliphatic hydroxyl groups is 1. The Balaban J connectivity index is 1.58. The average molecular weight is 580 g/mol. The number of ether oxygens (including phenoxy) is 2.